The number of rotatable bonds is 24. The molecule has 4 amide bonds. The first kappa shape index (κ1) is 35.2. The van der Waals surface area contributed by atoms with Gasteiger partial charge < -0.3 is 51.1 Å². The van der Waals surface area contributed by atoms with Crippen molar-refractivity contribution in [2.24, 2.45) is 5.73 Å². The Labute approximate surface area is 222 Å². The van der Waals surface area contributed by atoms with E-state index in [1.807, 2.05) is 0 Å². The summed E-state index contributed by atoms with van der Waals surface area (Å²) in [6.45, 7) is 5.77. The summed E-state index contributed by atoms with van der Waals surface area (Å²) in [5, 5.41) is 18.5. The fourth-order valence-electron chi connectivity index (χ4n) is 2.64. The van der Waals surface area contributed by atoms with Gasteiger partial charge in [-0.3, -0.25) is 24.0 Å². The van der Waals surface area contributed by atoms with Crippen LogP contribution >= 0.6 is 0 Å². The molecule has 7 N–H and O–H groups in total. The standard InChI is InChI=1S/C23H43N5O10/c1-17(28-20(30)16-26-23(34)18(2)27-19(29)4-3-6-24)22(33)25-7-9-36-11-13-38-15-14-37-12-10-35-8-5-21(31)32/h17-18H,3-16,24H2,1-2H3,(H,25,33)(H,26,34)(H,27,29)(H,28,30)(H,31,32). The molecule has 0 radical (unpaired) electrons. The summed E-state index contributed by atoms with van der Waals surface area (Å²) in [5.41, 5.74) is 5.34. The van der Waals surface area contributed by atoms with E-state index in [0.29, 0.717) is 52.6 Å². The van der Waals surface area contributed by atoms with Crippen molar-refractivity contribution < 1.29 is 48.0 Å². The number of carboxylic acid groups (broad SMARTS) is 1. The van der Waals surface area contributed by atoms with E-state index < -0.39 is 35.8 Å². The summed E-state index contributed by atoms with van der Waals surface area (Å²) in [6, 6.07) is -1.63. The molecule has 0 spiro atoms. The van der Waals surface area contributed by atoms with Crippen molar-refractivity contribution >= 4 is 29.6 Å². The highest BCUT2D eigenvalue weighted by Crippen LogP contribution is 1.90. The zero-order chi connectivity index (χ0) is 28.6. The van der Waals surface area contributed by atoms with Crippen molar-refractivity contribution in [3.63, 3.8) is 0 Å². The molecule has 0 aromatic rings. The molecule has 0 saturated carbocycles. The SMILES string of the molecule is CC(NC(=O)CCCN)C(=O)NCC(=O)NC(C)C(=O)NCCOCCOCCOCCOCCC(=O)O. The lowest BCUT2D eigenvalue weighted by Crippen LogP contribution is -2.51. The molecule has 15 heteroatoms. The van der Waals surface area contributed by atoms with Crippen LogP contribution in [0.5, 0.6) is 0 Å². The molecule has 0 saturated heterocycles. The average molecular weight is 550 g/mol. The monoisotopic (exact) mass is 549 g/mol. The van der Waals surface area contributed by atoms with Crippen molar-refractivity contribution in [3.8, 4) is 0 Å². The molecular formula is C23H43N5O10. The molecular weight excluding hydrogens is 506 g/mol. The molecule has 0 aromatic carbocycles. The molecule has 0 aliphatic rings. The lowest BCUT2D eigenvalue weighted by Gasteiger charge is -2.16. The number of ether oxygens (including phenoxy) is 4. The van der Waals surface area contributed by atoms with Crippen molar-refractivity contribution in [2.75, 3.05) is 72.5 Å². The normalized spacial score (nSPS) is 12.3. The van der Waals surface area contributed by atoms with E-state index in [-0.39, 0.29) is 45.1 Å². The van der Waals surface area contributed by atoms with E-state index in [2.05, 4.69) is 21.3 Å². The third-order valence-electron chi connectivity index (χ3n) is 4.69. The molecule has 2 unspecified atom stereocenters. The van der Waals surface area contributed by atoms with Gasteiger partial charge in [0, 0.05) is 13.0 Å². The van der Waals surface area contributed by atoms with E-state index in [0.717, 1.165) is 0 Å². The molecule has 2 atom stereocenters. The van der Waals surface area contributed by atoms with Crippen LogP contribution in [0.15, 0.2) is 0 Å². The predicted molar refractivity (Wildman–Crippen MR) is 135 cm³/mol. The van der Waals surface area contributed by atoms with Crippen molar-refractivity contribution in [1.82, 2.24) is 21.3 Å². The molecule has 0 rings (SSSR count). The maximum absolute atomic E-state index is 12.1. The number of nitrogens with two attached hydrogens (primary N) is 1. The zero-order valence-corrected chi connectivity index (χ0v) is 22.3. The summed E-state index contributed by atoms with van der Waals surface area (Å²) in [7, 11) is 0. The predicted octanol–water partition coefficient (Wildman–Crippen LogP) is -2.49. The van der Waals surface area contributed by atoms with Crippen LogP contribution in [0.1, 0.15) is 33.1 Å². The molecule has 0 aliphatic heterocycles. The van der Waals surface area contributed by atoms with Gasteiger partial charge in [0.1, 0.15) is 12.1 Å². The number of amides is 4. The van der Waals surface area contributed by atoms with E-state index in [1.165, 1.54) is 13.8 Å². The number of nitrogens with one attached hydrogen (secondary N) is 4. The summed E-state index contributed by atoms with van der Waals surface area (Å²) < 4.78 is 21.0. The van der Waals surface area contributed by atoms with Crippen LogP contribution < -0.4 is 27.0 Å². The second-order valence-corrected chi connectivity index (χ2v) is 8.07. The highest BCUT2D eigenvalue weighted by Gasteiger charge is 2.18. The Kier molecular flexibility index (Phi) is 21.5. The first-order valence-electron chi connectivity index (χ1n) is 12.5. The minimum Gasteiger partial charge on any atom is -0.481 e. The van der Waals surface area contributed by atoms with Gasteiger partial charge in [0.2, 0.25) is 23.6 Å². The summed E-state index contributed by atoms with van der Waals surface area (Å²) in [5.74, 6) is -2.69. The maximum Gasteiger partial charge on any atom is 0.305 e. The Morgan fingerprint density at radius 1 is 0.684 bits per heavy atom. The fourth-order valence-corrected chi connectivity index (χ4v) is 2.64. The first-order valence-corrected chi connectivity index (χ1v) is 12.5. The molecule has 0 fully saturated rings. The molecule has 0 bridgehead atoms. The Balaban J connectivity index is 3.70. The lowest BCUT2D eigenvalue weighted by molar-refractivity contribution is -0.138. The highest BCUT2D eigenvalue weighted by atomic mass is 16.6. The van der Waals surface area contributed by atoms with Crippen LogP contribution in [0.25, 0.3) is 0 Å². The highest BCUT2D eigenvalue weighted by molar-refractivity contribution is 5.92. The number of aliphatic carboxylic acids is 1. The fraction of sp³-hybridized carbons (Fsp3) is 0.783. The van der Waals surface area contributed by atoms with Crippen LogP contribution in [-0.2, 0) is 42.9 Å². The minimum atomic E-state index is -0.906. The Bertz CT molecular complexity index is 710. The van der Waals surface area contributed by atoms with E-state index in [9.17, 15) is 24.0 Å². The van der Waals surface area contributed by atoms with Crippen molar-refractivity contribution in [3.05, 3.63) is 0 Å². The van der Waals surface area contributed by atoms with Gasteiger partial charge >= 0.3 is 5.97 Å². The van der Waals surface area contributed by atoms with Gasteiger partial charge in [-0.2, -0.15) is 0 Å². The number of hydrogen-bond donors (Lipinski definition) is 6. The Morgan fingerprint density at radius 2 is 1.16 bits per heavy atom. The van der Waals surface area contributed by atoms with Crippen molar-refractivity contribution in [2.45, 2.75) is 45.2 Å². The van der Waals surface area contributed by atoms with Crippen LogP contribution in [0.4, 0.5) is 0 Å². The Hall–Kier alpha value is -2.85. The van der Waals surface area contributed by atoms with Crippen molar-refractivity contribution in [1.29, 1.82) is 0 Å². The van der Waals surface area contributed by atoms with Crippen LogP contribution in [-0.4, -0.2) is 119 Å². The van der Waals surface area contributed by atoms with E-state index in [1.54, 1.807) is 0 Å². The van der Waals surface area contributed by atoms with E-state index in [4.69, 9.17) is 29.8 Å². The first-order chi connectivity index (χ1) is 18.2. The van der Waals surface area contributed by atoms with Gasteiger partial charge in [-0.15, -0.1) is 0 Å². The van der Waals surface area contributed by atoms with Gasteiger partial charge in [0.25, 0.3) is 0 Å². The third-order valence-corrected chi connectivity index (χ3v) is 4.69. The molecule has 15 nitrogen and oxygen atoms in total. The number of carbonyl (C=O) groups excluding carboxylic acids is 4. The third kappa shape index (κ3) is 21.3. The summed E-state index contributed by atoms with van der Waals surface area (Å²) >= 11 is 0. The summed E-state index contributed by atoms with van der Waals surface area (Å²) in [4.78, 5) is 58.0. The number of hydrogen-bond acceptors (Lipinski definition) is 10. The smallest absolute Gasteiger partial charge is 0.305 e. The quantitative estimate of drug-likeness (QED) is 0.0692. The molecule has 0 aromatic heterocycles. The van der Waals surface area contributed by atoms with Crippen LogP contribution in [0.2, 0.25) is 0 Å². The van der Waals surface area contributed by atoms with Gasteiger partial charge in [-0.05, 0) is 26.8 Å². The van der Waals surface area contributed by atoms with Gasteiger partial charge in [0.15, 0.2) is 0 Å². The lowest BCUT2D eigenvalue weighted by atomic mass is 10.2. The number of carbonyl (C=O) groups is 5. The maximum atomic E-state index is 12.1. The number of carboxylic acids is 1. The Morgan fingerprint density at radius 3 is 1.68 bits per heavy atom. The minimum absolute atomic E-state index is 0.0382. The van der Waals surface area contributed by atoms with Gasteiger partial charge in [0.05, 0.1) is 65.8 Å². The largest absolute Gasteiger partial charge is 0.481 e. The molecule has 0 heterocycles. The van der Waals surface area contributed by atoms with Gasteiger partial charge in [-0.25, -0.2) is 0 Å². The zero-order valence-electron chi connectivity index (χ0n) is 22.3. The van der Waals surface area contributed by atoms with Crippen LogP contribution in [0, 0.1) is 0 Å². The van der Waals surface area contributed by atoms with E-state index >= 15 is 0 Å². The summed E-state index contributed by atoms with van der Waals surface area (Å²) in [6.07, 6.45) is 0.688. The average Bonchev–Trinajstić information content (AvgIpc) is 2.87. The second kappa shape index (κ2) is 23.3. The van der Waals surface area contributed by atoms with Gasteiger partial charge in [-0.1, -0.05) is 0 Å². The molecule has 38 heavy (non-hydrogen) atoms. The second-order valence-electron chi connectivity index (χ2n) is 8.07. The van der Waals surface area contributed by atoms with Crippen LogP contribution in [0.3, 0.4) is 0 Å². The topological polar surface area (TPSA) is 217 Å². The molecule has 220 valence electrons. The molecule has 0 aliphatic carbocycles.